The first-order valence-electron chi connectivity index (χ1n) is 13.0. The number of amides is 3. The number of hydrogen-bond donors (Lipinski definition) is 2. The van der Waals surface area contributed by atoms with Crippen LogP contribution >= 0.6 is 0 Å². The minimum absolute atomic E-state index is 0.0389. The van der Waals surface area contributed by atoms with Crippen molar-refractivity contribution in [1.82, 2.24) is 15.5 Å². The molecule has 202 valence electrons. The van der Waals surface area contributed by atoms with Gasteiger partial charge in [0.15, 0.2) is 0 Å². The van der Waals surface area contributed by atoms with Gasteiger partial charge in [-0.15, -0.1) is 6.58 Å². The zero-order valence-electron chi connectivity index (χ0n) is 23.7. The first-order valence-corrected chi connectivity index (χ1v) is 13.0. The lowest BCUT2D eigenvalue weighted by Crippen LogP contribution is -2.54. The van der Waals surface area contributed by atoms with Crippen LogP contribution in [0.15, 0.2) is 30.9 Å². The van der Waals surface area contributed by atoms with Gasteiger partial charge < -0.3 is 20.3 Å². The van der Waals surface area contributed by atoms with Gasteiger partial charge >= 0.3 is 6.09 Å². The molecule has 0 bridgehead atoms. The zero-order chi connectivity index (χ0) is 27.6. The van der Waals surface area contributed by atoms with Crippen molar-refractivity contribution in [2.24, 2.45) is 5.92 Å². The molecule has 0 aliphatic rings. The quantitative estimate of drug-likeness (QED) is 0.365. The van der Waals surface area contributed by atoms with Gasteiger partial charge in [-0.05, 0) is 65.9 Å². The van der Waals surface area contributed by atoms with Crippen LogP contribution in [-0.2, 0) is 14.3 Å². The van der Waals surface area contributed by atoms with Gasteiger partial charge in [0.1, 0.15) is 17.7 Å². The number of rotatable bonds is 12. The smallest absolute Gasteiger partial charge is 0.408 e. The Labute approximate surface area is 218 Å². The Kier molecular flexibility index (Phi) is 12.2. The molecule has 1 rings (SSSR count). The van der Waals surface area contributed by atoms with Crippen LogP contribution in [0, 0.1) is 19.8 Å². The van der Waals surface area contributed by atoms with E-state index in [1.54, 1.807) is 26.8 Å². The first kappa shape index (κ1) is 31.2. The summed E-state index contributed by atoms with van der Waals surface area (Å²) in [6.07, 6.45) is 3.11. The summed E-state index contributed by atoms with van der Waals surface area (Å²) in [4.78, 5) is 41.8. The Hall–Kier alpha value is -2.83. The van der Waals surface area contributed by atoms with E-state index in [4.69, 9.17) is 4.74 Å². The summed E-state index contributed by atoms with van der Waals surface area (Å²) in [6, 6.07) is 4.14. The number of carbonyl (C=O) groups excluding carboxylic acids is 3. The Bertz CT molecular complexity index is 884. The molecule has 0 radical (unpaired) electrons. The number of benzene rings is 1. The minimum atomic E-state index is -0.872. The number of ether oxygens (including phenoxy) is 1. The van der Waals surface area contributed by atoms with E-state index < -0.39 is 23.8 Å². The van der Waals surface area contributed by atoms with Gasteiger partial charge in [0.05, 0.1) is 0 Å². The molecule has 3 amide bonds. The molecule has 0 spiro atoms. The van der Waals surface area contributed by atoms with Gasteiger partial charge in [-0.3, -0.25) is 9.59 Å². The van der Waals surface area contributed by atoms with Gasteiger partial charge in [0.25, 0.3) is 0 Å². The predicted molar refractivity (Wildman–Crippen MR) is 146 cm³/mol. The van der Waals surface area contributed by atoms with Crippen molar-refractivity contribution in [3.8, 4) is 0 Å². The highest BCUT2D eigenvalue weighted by atomic mass is 16.6. The van der Waals surface area contributed by atoms with Crippen molar-refractivity contribution >= 4 is 17.9 Å². The van der Waals surface area contributed by atoms with E-state index in [0.29, 0.717) is 6.42 Å². The molecule has 7 heteroatoms. The van der Waals surface area contributed by atoms with E-state index in [0.717, 1.165) is 29.5 Å². The van der Waals surface area contributed by atoms with Crippen molar-refractivity contribution in [2.75, 3.05) is 6.54 Å². The molecule has 1 aromatic rings. The van der Waals surface area contributed by atoms with E-state index >= 15 is 0 Å². The van der Waals surface area contributed by atoms with Crippen molar-refractivity contribution in [2.45, 2.75) is 105 Å². The molecular weight excluding hydrogens is 454 g/mol. The third kappa shape index (κ3) is 10.4. The molecule has 2 N–H and O–H groups in total. The lowest BCUT2D eigenvalue weighted by Gasteiger charge is -2.35. The van der Waals surface area contributed by atoms with Crippen LogP contribution in [0.2, 0.25) is 0 Å². The largest absolute Gasteiger partial charge is 0.444 e. The third-order valence-corrected chi connectivity index (χ3v) is 5.54. The first-order chi connectivity index (χ1) is 16.7. The molecule has 0 saturated heterocycles. The van der Waals surface area contributed by atoms with Gasteiger partial charge in [-0.2, -0.15) is 0 Å². The van der Waals surface area contributed by atoms with Crippen LogP contribution < -0.4 is 10.6 Å². The molecule has 7 nitrogen and oxygen atoms in total. The average molecular weight is 502 g/mol. The maximum Gasteiger partial charge on any atom is 0.408 e. The van der Waals surface area contributed by atoms with E-state index in [1.807, 2.05) is 52.8 Å². The average Bonchev–Trinajstić information content (AvgIpc) is 2.70. The SMILES string of the molecule is C=CCN(C(=O)C(CC(C)C)NC(=O)OC(C)(C)C)C(C(=O)NC(C)CCC)c1cc(C)cc(C)c1. The second kappa shape index (κ2) is 14.0. The standard InChI is InChI=1S/C29H47N3O4/c1-11-13-22(7)30-26(33)25(23-17-20(5)16-21(6)18-23)32(14-12-2)27(34)24(15-19(3)4)31-28(35)36-29(8,9)10/h12,16-19,22,24-25H,2,11,13-15H2,1,3-10H3,(H,30,33)(H,31,35). The molecule has 0 aliphatic carbocycles. The van der Waals surface area contributed by atoms with Crippen LogP contribution in [0.3, 0.4) is 0 Å². The summed E-state index contributed by atoms with van der Waals surface area (Å²) >= 11 is 0. The Morgan fingerprint density at radius 3 is 2.11 bits per heavy atom. The summed E-state index contributed by atoms with van der Waals surface area (Å²) in [7, 11) is 0. The van der Waals surface area contributed by atoms with Gasteiger partial charge in [0.2, 0.25) is 11.8 Å². The van der Waals surface area contributed by atoms with Crippen LogP contribution in [0.5, 0.6) is 0 Å². The van der Waals surface area contributed by atoms with Crippen LogP contribution in [0.4, 0.5) is 4.79 Å². The Morgan fingerprint density at radius 1 is 1.06 bits per heavy atom. The molecule has 0 heterocycles. The molecule has 3 atom stereocenters. The fraction of sp³-hybridized carbons (Fsp3) is 0.621. The highest BCUT2D eigenvalue weighted by Crippen LogP contribution is 2.26. The topological polar surface area (TPSA) is 87.7 Å². The molecule has 36 heavy (non-hydrogen) atoms. The summed E-state index contributed by atoms with van der Waals surface area (Å²) in [5, 5.41) is 5.84. The highest BCUT2D eigenvalue weighted by Gasteiger charge is 2.36. The molecule has 1 aromatic carbocycles. The fourth-order valence-electron chi connectivity index (χ4n) is 4.27. The van der Waals surface area contributed by atoms with Crippen LogP contribution in [0.25, 0.3) is 0 Å². The number of hydrogen-bond acceptors (Lipinski definition) is 4. The molecule has 0 fully saturated rings. The summed E-state index contributed by atoms with van der Waals surface area (Å²) in [5.41, 5.74) is 2.03. The number of nitrogens with zero attached hydrogens (tertiary/aromatic N) is 1. The lowest BCUT2D eigenvalue weighted by atomic mass is 9.96. The number of carbonyl (C=O) groups is 3. The summed E-state index contributed by atoms with van der Waals surface area (Å²) in [5.74, 6) is -0.480. The molecule has 0 saturated carbocycles. The minimum Gasteiger partial charge on any atom is -0.444 e. The van der Waals surface area contributed by atoms with E-state index in [2.05, 4.69) is 24.1 Å². The zero-order valence-corrected chi connectivity index (χ0v) is 23.7. The van der Waals surface area contributed by atoms with Gasteiger partial charge in [-0.1, -0.05) is 62.6 Å². The maximum atomic E-state index is 14.0. The van der Waals surface area contributed by atoms with Gasteiger partial charge in [0, 0.05) is 12.6 Å². The number of nitrogens with one attached hydrogen (secondary N) is 2. The van der Waals surface area contributed by atoms with Crippen molar-refractivity contribution in [3.05, 3.63) is 47.5 Å². The Balaban J connectivity index is 3.51. The third-order valence-electron chi connectivity index (χ3n) is 5.54. The highest BCUT2D eigenvalue weighted by molar-refractivity contribution is 5.92. The van der Waals surface area contributed by atoms with Crippen LogP contribution in [-0.4, -0.2) is 47.0 Å². The lowest BCUT2D eigenvalue weighted by molar-refractivity contribution is -0.142. The molecular formula is C29H47N3O4. The molecule has 0 aromatic heterocycles. The van der Waals surface area contributed by atoms with Gasteiger partial charge in [-0.25, -0.2) is 4.79 Å². The Morgan fingerprint density at radius 2 is 1.64 bits per heavy atom. The predicted octanol–water partition coefficient (Wildman–Crippen LogP) is 5.60. The van der Waals surface area contributed by atoms with E-state index in [-0.39, 0.29) is 30.3 Å². The van der Waals surface area contributed by atoms with E-state index in [9.17, 15) is 14.4 Å². The second-order valence-corrected chi connectivity index (χ2v) is 11.1. The van der Waals surface area contributed by atoms with Crippen molar-refractivity contribution in [3.63, 3.8) is 0 Å². The maximum absolute atomic E-state index is 14.0. The normalized spacial score (nSPS) is 13.9. The van der Waals surface area contributed by atoms with Crippen molar-refractivity contribution in [1.29, 1.82) is 0 Å². The molecule has 3 unspecified atom stereocenters. The van der Waals surface area contributed by atoms with E-state index in [1.165, 1.54) is 4.90 Å². The van der Waals surface area contributed by atoms with Crippen LogP contribution in [0.1, 0.15) is 90.5 Å². The number of alkyl carbamates (subject to hydrolysis) is 1. The molecule has 0 aliphatic heterocycles. The van der Waals surface area contributed by atoms with Crippen molar-refractivity contribution < 1.29 is 19.1 Å². The second-order valence-electron chi connectivity index (χ2n) is 11.1. The number of aryl methyl sites for hydroxylation is 2. The summed E-state index contributed by atoms with van der Waals surface area (Å²) < 4.78 is 5.42. The monoisotopic (exact) mass is 501 g/mol. The fourth-order valence-corrected chi connectivity index (χ4v) is 4.27. The summed E-state index contributed by atoms with van der Waals surface area (Å²) in [6.45, 7) is 21.2.